The summed E-state index contributed by atoms with van der Waals surface area (Å²) >= 11 is 0. The second kappa shape index (κ2) is 6.75. The molecule has 2 aliphatic rings. The zero-order valence-corrected chi connectivity index (χ0v) is 13.2. The van der Waals surface area contributed by atoms with Gasteiger partial charge in [-0.05, 0) is 18.3 Å². The third kappa shape index (κ3) is 3.11. The average molecular weight is 323 g/mol. The molecule has 2 rings (SSSR count). The van der Waals surface area contributed by atoms with Crippen LogP contribution >= 0.6 is 0 Å². The summed E-state index contributed by atoms with van der Waals surface area (Å²) in [7, 11) is 0. The molecule has 128 valence electrons. The number of hydrogen-bond acceptors (Lipinski definition) is 1. The van der Waals surface area contributed by atoms with Crippen molar-refractivity contribution in [2.75, 3.05) is 0 Å². The van der Waals surface area contributed by atoms with Crippen molar-refractivity contribution in [3.63, 3.8) is 0 Å². The van der Waals surface area contributed by atoms with Crippen LogP contribution in [-0.4, -0.2) is 36.6 Å². The van der Waals surface area contributed by atoms with Crippen molar-refractivity contribution in [2.24, 2.45) is 23.7 Å². The molecule has 0 aromatic heterocycles. The molecule has 0 saturated heterocycles. The smallest absolute Gasteiger partial charge is 0.229 e. The molecular formula is C16H25F4NO. The standard InChI is InChI=1S/C16H25F4NO/c1-7-5-4-6-10(8(7)2)21-16(22)11-14(19)12(17)9(3)13(18)15(11)20/h7-15H,4-6H2,1-3H3,(H,21,22)/t7?,8?,9?,10?,11?,12?,13?,14-,15?/m1/s1. The van der Waals surface area contributed by atoms with Gasteiger partial charge in [0.05, 0.1) is 0 Å². The van der Waals surface area contributed by atoms with Crippen LogP contribution < -0.4 is 5.32 Å². The van der Waals surface area contributed by atoms with E-state index in [1.807, 2.05) is 6.92 Å². The summed E-state index contributed by atoms with van der Waals surface area (Å²) < 4.78 is 55.6. The van der Waals surface area contributed by atoms with Crippen LogP contribution in [0.3, 0.4) is 0 Å². The van der Waals surface area contributed by atoms with Gasteiger partial charge in [-0.25, -0.2) is 17.6 Å². The molecule has 0 bridgehead atoms. The highest BCUT2D eigenvalue weighted by Crippen LogP contribution is 2.38. The maximum atomic E-state index is 14.1. The number of rotatable bonds is 2. The van der Waals surface area contributed by atoms with E-state index in [0.29, 0.717) is 5.92 Å². The fourth-order valence-corrected chi connectivity index (χ4v) is 3.68. The van der Waals surface area contributed by atoms with E-state index in [1.54, 1.807) is 0 Å². The van der Waals surface area contributed by atoms with Crippen LogP contribution in [0.2, 0.25) is 0 Å². The molecule has 22 heavy (non-hydrogen) atoms. The fourth-order valence-electron chi connectivity index (χ4n) is 3.68. The van der Waals surface area contributed by atoms with Crippen LogP contribution in [0.1, 0.15) is 40.0 Å². The van der Waals surface area contributed by atoms with Gasteiger partial charge in [-0.2, -0.15) is 0 Å². The van der Waals surface area contributed by atoms with Gasteiger partial charge in [0, 0.05) is 12.0 Å². The van der Waals surface area contributed by atoms with E-state index in [9.17, 15) is 22.4 Å². The number of hydrogen-bond donors (Lipinski definition) is 1. The zero-order valence-electron chi connectivity index (χ0n) is 13.2. The topological polar surface area (TPSA) is 29.1 Å². The molecule has 1 N–H and O–H groups in total. The molecule has 2 fully saturated rings. The molecule has 0 radical (unpaired) electrons. The van der Waals surface area contributed by atoms with Crippen molar-refractivity contribution in [2.45, 2.75) is 70.8 Å². The largest absolute Gasteiger partial charge is 0.353 e. The molecule has 2 saturated carbocycles. The van der Waals surface area contributed by atoms with Crippen molar-refractivity contribution in [1.82, 2.24) is 5.32 Å². The lowest BCUT2D eigenvalue weighted by molar-refractivity contribution is -0.142. The summed E-state index contributed by atoms with van der Waals surface area (Å²) in [5.41, 5.74) is 0. The Bertz CT molecular complexity index is 392. The van der Waals surface area contributed by atoms with Crippen LogP contribution in [0.5, 0.6) is 0 Å². The molecule has 0 aromatic rings. The van der Waals surface area contributed by atoms with Gasteiger partial charge in [0.2, 0.25) is 5.91 Å². The molecule has 1 amide bonds. The fraction of sp³-hybridized carbons (Fsp3) is 0.938. The van der Waals surface area contributed by atoms with E-state index in [-0.39, 0.29) is 12.0 Å². The van der Waals surface area contributed by atoms with Gasteiger partial charge in [0.15, 0.2) is 0 Å². The van der Waals surface area contributed by atoms with E-state index in [0.717, 1.165) is 26.2 Å². The molecule has 0 aromatic carbocycles. The van der Waals surface area contributed by atoms with Crippen molar-refractivity contribution in [3.8, 4) is 0 Å². The highest BCUT2D eigenvalue weighted by atomic mass is 19.2. The summed E-state index contributed by atoms with van der Waals surface area (Å²) in [5.74, 6) is -3.59. The second-order valence-electron chi connectivity index (χ2n) is 7.04. The maximum Gasteiger partial charge on any atom is 0.229 e. The van der Waals surface area contributed by atoms with Gasteiger partial charge in [0.25, 0.3) is 0 Å². The predicted octanol–water partition coefficient (Wildman–Crippen LogP) is 3.55. The summed E-state index contributed by atoms with van der Waals surface area (Å²) in [4.78, 5) is 12.2. The Morgan fingerprint density at radius 2 is 1.41 bits per heavy atom. The van der Waals surface area contributed by atoms with E-state index in [2.05, 4.69) is 12.2 Å². The first-order valence-corrected chi connectivity index (χ1v) is 8.12. The monoisotopic (exact) mass is 323 g/mol. The summed E-state index contributed by atoms with van der Waals surface area (Å²) in [5, 5.41) is 2.63. The molecule has 6 heteroatoms. The minimum absolute atomic E-state index is 0.179. The van der Waals surface area contributed by atoms with Gasteiger partial charge >= 0.3 is 0 Å². The van der Waals surface area contributed by atoms with Gasteiger partial charge in [-0.3, -0.25) is 4.79 Å². The van der Waals surface area contributed by atoms with E-state index < -0.39 is 42.4 Å². The quantitative estimate of drug-likeness (QED) is 0.774. The number of nitrogens with one attached hydrogen (secondary N) is 1. The van der Waals surface area contributed by atoms with Crippen LogP contribution in [0.25, 0.3) is 0 Å². The molecule has 2 nitrogen and oxygen atoms in total. The highest BCUT2D eigenvalue weighted by Gasteiger charge is 2.54. The molecule has 2 aliphatic carbocycles. The maximum absolute atomic E-state index is 14.1. The second-order valence-corrected chi connectivity index (χ2v) is 7.04. The van der Waals surface area contributed by atoms with Crippen LogP contribution in [0.15, 0.2) is 0 Å². The normalized spacial score (nSPS) is 49.7. The van der Waals surface area contributed by atoms with Crippen molar-refractivity contribution in [3.05, 3.63) is 0 Å². The molecule has 0 heterocycles. The molecule has 0 spiro atoms. The van der Waals surface area contributed by atoms with Gasteiger partial charge in [0.1, 0.15) is 30.6 Å². The van der Waals surface area contributed by atoms with Gasteiger partial charge in [-0.15, -0.1) is 0 Å². The van der Waals surface area contributed by atoms with Gasteiger partial charge in [-0.1, -0.05) is 33.6 Å². The summed E-state index contributed by atoms with van der Waals surface area (Å²) in [6.45, 7) is 5.18. The van der Waals surface area contributed by atoms with Gasteiger partial charge < -0.3 is 5.32 Å². The summed E-state index contributed by atoms with van der Waals surface area (Å²) in [6, 6.07) is -0.189. The first-order valence-electron chi connectivity index (χ1n) is 8.12. The minimum Gasteiger partial charge on any atom is -0.353 e. The van der Waals surface area contributed by atoms with Crippen LogP contribution in [0.4, 0.5) is 17.6 Å². The van der Waals surface area contributed by atoms with E-state index in [4.69, 9.17) is 0 Å². The van der Waals surface area contributed by atoms with Crippen LogP contribution in [-0.2, 0) is 4.79 Å². The molecule has 0 aliphatic heterocycles. The number of carbonyl (C=O) groups excluding carboxylic acids is 1. The Labute approximate surface area is 129 Å². The lowest BCUT2D eigenvalue weighted by Gasteiger charge is -2.40. The first kappa shape index (κ1) is 17.5. The van der Waals surface area contributed by atoms with Crippen molar-refractivity contribution < 1.29 is 22.4 Å². The van der Waals surface area contributed by atoms with Crippen molar-refractivity contribution >= 4 is 5.91 Å². The van der Waals surface area contributed by atoms with E-state index >= 15 is 0 Å². The number of amides is 1. The third-order valence-corrected chi connectivity index (χ3v) is 5.64. The SMILES string of the molecule is CC1CCCC(NC(=O)C2C(F)C(F)C(C)C(F)[C@@H]2F)C1C. The first-order chi connectivity index (χ1) is 10.3. The van der Waals surface area contributed by atoms with Crippen molar-refractivity contribution in [1.29, 1.82) is 0 Å². The summed E-state index contributed by atoms with van der Waals surface area (Å²) in [6.07, 6.45) is -6.20. The molecular weight excluding hydrogens is 298 g/mol. The Kier molecular flexibility index (Phi) is 5.38. The molecule has 8 unspecified atom stereocenters. The lowest BCUT2D eigenvalue weighted by Crippen LogP contribution is -2.58. The lowest BCUT2D eigenvalue weighted by atomic mass is 9.75. The Morgan fingerprint density at radius 3 is 1.95 bits per heavy atom. The molecule has 9 atom stereocenters. The Morgan fingerprint density at radius 1 is 0.864 bits per heavy atom. The number of halogens is 4. The third-order valence-electron chi connectivity index (χ3n) is 5.64. The number of carbonyl (C=O) groups is 1. The van der Waals surface area contributed by atoms with Crippen LogP contribution in [0, 0.1) is 23.7 Å². The number of alkyl halides is 4. The predicted molar refractivity (Wildman–Crippen MR) is 76.3 cm³/mol. The average Bonchev–Trinajstić information content (AvgIpc) is 2.48. The Hall–Kier alpha value is -0.810. The minimum atomic E-state index is -2.30. The zero-order chi connectivity index (χ0) is 16.6. The highest BCUT2D eigenvalue weighted by molar-refractivity contribution is 5.80. The van der Waals surface area contributed by atoms with E-state index in [1.165, 1.54) is 0 Å². The Balaban J connectivity index is 2.07.